The van der Waals surface area contributed by atoms with E-state index in [9.17, 15) is 14.7 Å². The fourth-order valence-corrected chi connectivity index (χ4v) is 5.15. The third-order valence-electron chi connectivity index (χ3n) is 7.58. The molecule has 0 aromatic carbocycles. The summed E-state index contributed by atoms with van der Waals surface area (Å²) in [6.07, 6.45) is 26.9. The highest BCUT2D eigenvalue weighted by Crippen LogP contribution is 2.38. The molecule has 3 unspecified atom stereocenters. The predicted octanol–water partition coefficient (Wildman–Crippen LogP) is 9.02. The van der Waals surface area contributed by atoms with Crippen LogP contribution in [0.15, 0.2) is 12.2 Å². The second kappa shape index (κ2) is 18.9. The molecule has 1 aliphatic rings. The Morgan fingerprint density at radius 2 is 1.26 bits per heavy atom. The van der Waals surface area contributed by atoms with Gasteiger partial charge < -0.3 is 9.84 Å². The van der Waals surface area contributed by atoms with Gasteiger partial charge in [0.2, 0.25) is 0 Å². The molecule has 0 saturated heterocycles. The van der Waals surface area contributed by atoms with Crippen LogP contribution in [0, 0.1) is 11.3 Å². The molecule has 0 aromatic heterocycles. The van der Waals surface area contributed by atoms with E-state index in [1.54, 1.807) is 13.0 Å². The lowest BCUT2D eigenvalue weighted by molar-refractivity contribution is -0.168. The summed E-state index contributed by atoms with van der Waals surface area (Å²) < 4.78 is 6.03. The summed E-state index contributed by atoms with van der Waals surface area (Å²) >= 11 is 0. The Morgan fingerprint density at radius 3 is 1.71 bits per heavy atom. The molecular weight excluding hydrogens is 424 g/mol. The third kappa shape index (κ3) is 12.4. The van der Waals surface area contributed by atoms with E-state index in [1.807, 2.05) is 6.08 Å². The number of hydrogen-bond donors (Lipinski definition) is 1. The van der Waals surface area contributed by atoms with Crippen LogP contribution in [0.5, 0.6) is 0 Å². The quantitative estimate of drug-likeness (QED) is 0.101. The number of rotatable bonds is 21. The Hall–Kier alpha value is -1.32. The van der Waals surface area contributed by atoms with E-state index in [4.69, 9.17) is 4.74 Å². The van der Waals surface area contributed by atoms with Crippen molar-refractivity contribution < 1.29 is 19.4 Å². The van der Waals surface area contributed by atoms with Gasteiger partial charge in [0.15, 0.2) is 0 Å². The minimum atomic E-state index is -1.05. The highest BCUT2D eigenvalue weighted by molar-refractivity contribution is 5.86. The zero-order valence-corrected chi connectivity index (χ0v) is 22.6. The van der Waals surface area contributed by atoms with E-state index in [0.29, 0.717) is 12.8 Å². The summed E-state index contributed by atoms with van der Waals surface area (Å²) in [7, 11) is 0. The SMILES string of the molecule is CCCCCCCCCCCCC(CCCCCCCC)OC(=O)C1(C)C=CCCC1C(=O)O. The van der Waals surface area contributed by atoms with Gasteiger partial charge in [0.25, 0.3) is 0 Å². The number of ether oxygens (including phenoxy) is 1. The number of unbranched alkanes of at least 4 members (excludes halogenated alkanes) is 14. The Balaban J connectivity index is 2.48. The van der Waals surface area contributed by atoms with Gasteiger partial charge in [-0.05, 0) is 45.4 Å². The highest BCUT2D eigenvalue weighted by Gasteiger charge is 2.46. The number of carboxylic acid groups (broad SMARTS) is 1. The van der Waals surface area contributed by atoms with E-state index >= 15 is 0 Å². The molecule has 0 saturated carbocycles. The summed E-state index contributed by atoms with van der Waals surface area (Å²) in [4.78, 5) is 25.0. The predicted molar refractivity (Wildman–Crippen MR) is 142 cm³/mol. The summed E-state index contributed by atoms with van der Waals surface area (Å²) in [5.74, 6) is -1.94. The molecule has 0 heterocycles. The van der Waals surface area contributed by atoms with Crippen LogP contribution in [0.1, 0.15) is 149 Å². The van der Waals surface area contributed by atoms with Crippen LogP contribution < -0.4 is 0 Å². The van der Waals surface area contributed by atoms with E-state index in [-0.39, 0.29) is 12.1 Å². The summed E-state index contributed by atoms with van der Waals surface area (Å²) in [6, 6.07) is 0. The minimum Gasteiger partial charge on any atom is -0.481 e. The van der Waals surface area contributed by atoms with Crippen LogP contribution >= 0.6 is 0 Å². The molecule has 4 nitrogen and oxygen atoms in total. The Morgan fingerprint density at radius 1 is 0.824 bits per heavy atom. The van der Waals surface area contributed by atoms with Gasteiger partial charge in [-0.1, -0.05) is 116 Å². The van der Waals surface area contributed by atoms with Crippen molar-refractivity contribution in [1.29, 1.82) is 0 Å². The zero-order chi connectivity index (χ0) is 25.1. The van der Waals surface area contributed by atoms with Gasteiger partial charge in [0.1, 0.15) is 6.10 Å². The molecule has 0 bridgehead atoms. The fourth-order valence-electron chi connectivity index (χ4n) is 5.15. The molecule has 0 aromatic rings. The normalized spacial score (nSPS) is 20.9. The van der Waals surface area contributed by atoms with Gasteiger partial charge in [-0.25, -0.2) is 0 Å². The largest absolute Gasteiger partial charge is 0.481 e. The van der Waals surface area contributed by atoms with E-state index in [0.717, 1.165) is 25.7 Å². The van der Waals surface area contributed by atoms with Crippen molar-refractivity contribution in [3.05, 3.63) is 12.2 Å². The summed E-state index contributed by atoms with van der Waals surface area (Å²) in [5, 5.41) is 9.66. The maximum absolute atomic E-state index is 13.2. The average Bonchev–Trinajstić information content (AvgIpc) is 2.82. The van der Waals surface area contributed by atoms with Crippen LogP contribution in [-0.4, -0.2) is 23.1 Å². The van der Waals surface area contributed by atoms with Crippen molar-refractivity contribution in [2.24, 2.45) is 11.3 Å². The second-order valence-electron chi connectivity index (χ2n) is 10.7. The minimum absolute atomic E-state index is 0.0886. The average molecular weight is 479 g/mol. The molecule has 3 atom stereocenters. The lowest BCUT2D eigenvalue weighted by atomic mass is 9.71. The molecule has 0 spiro atoms. The maximum Gasteiger partial charge on any atom is 0.316 e. The molecule has 0 amide bonds. The van der Waals surface area contributed by atoms with Gasteiger partial charge in [-0.3, -0.25) is 9.59 Å². The first-order chi connectivity index (χ1) is 16.5. The van der Waals surface area contributed by atoms with Crippen LogP contribution in [0.3, 0.4) is 0 Å². The molecule has 1 rings (SSSR count). The molecule has 198 valence electrons. The molecule has 1 aliphatic carbocycles. The van der Waals surface area contributed by atoms with Crippen molar-refractivity contribution in [2.75, 3.05) is 0 Å². The molecule has 1 N–H and O–H groups in total. The Kier molecular flexibility index (Phi) is 17.1. The van der Waals surface area contributed by atoms with Gasteiger partial charge in [0, 0.05) is 0 Å². The standard InChI is InChI=1S/C30H54O4/c1-4-6-8-10-12-13-14-15-17-19-23-26(22-18-16-11-9-7-5-2)34-29(33)30(3)25-21-20-24-27(30)28(31)32/h21,25-27H,4-20,22-24H2,1-3H3,(H,31,32). The number of hydrogen-bond acceptors (Lipinski definition) is 3. The number of aliphatic carboxylic acids is 1. The number of carboxylic acids is 1. The topological polar surface area (TPSA) is 63.6 Å². The molecule has 34 heavy (non-hydrogen) atoms. The van der Waals surface area contributed by atoms with Crippen molar-refractivity contribution in [2.45, 2.75) is 155 Å². The monoisotopic (exact) mass is 478 g/mol. The van der Waals surface area contributed by atoms with Crippen molar-refractivity contribution in [3.8, 4) is 0 Å². The van der Waals surface area contributed by atoms with Crippen LogP contribution in [0.4, 0.5) is 0 Å². The van der Waals surface area contributed by atoms with Crippen LogP contribution in [-0.2, 0) is 14.3 Å². The first kappa shape index (κ1) is 30.7. The molecule has 0 fully saturated rings. The molecule has 0 radical (unpaired) electrons. The van der Waals surface area contributed by atoms with Gasteiger partial charge >= 0.3 is 11.9 Å². The van der Waals surface area contributed by atoms with E-state index in [2.05, 4.69) is 13.8 Å². The van der Waals surface area contributed by atoms with Crippen LogP contribution in [0.25, 0.3) is 0 Å². The van der Waals surface area contributed by atoms with Crippen molar-refractivity contribution in [1.82, 2.24) is 0 Å². The highest BCUT2D eigenvalue weighted by atomic mass is 16.5. The van der Waals surface area contributed by atoms with E-state index in [1.165, 1.54) is 89.9 Å². The third-order valence-corrected chi connectivity index (χ3v) is 7.58. The smallest absolute Gasteiger partial charge is 0.316 e. The molecule has 0 aliphatic heterocycles. The fraction of sp³-hybridized carbons (Fsp3) is 0.867. The van der Waals surface area contributed by atoms with Crippen molar-refractivity contribution >= 4 is 11.9 Å². The Labute approximate surface area is 210 Å². The number of carbonyl (C=O) groups excluding carboxylic acids is 1. The number of allylic oxidation sites excluding steroid dienone is 1. The van der Waals surface area contributed by atoms with Crippen LogP contribution in [0.2, 0.25) is 0 Å². The zero-order valence-electron chi connectivity index (χ0n) is 22.6. The van der Waals surface area contributed by atoms with Gasteiger partial charge in [-0.15, -0.1) is 0 Å². The first-order valence-electron chi connectivity index (χ1n) is 14.6. The van der Waals surface area contributed by atoms with Gasteiger partial charge in [-0.2, -0.15) is 0 Å². The summed E-state index contributed by atoms with van der Waals surface area (Å²) in [6.45, 7) is 6.23. The van der Waals surface area contributed by atoms with Gasteiger partial charge in [0.05, 0.1) is 11.3 Å². The second-order valence-corrected chi connectivity index (χ2v) is 10.7. The molecular formula is C30H54O4. The number of carbonyl (C=O) groups is 2. The first-order valence-corrected chi connectivity index (χ1v) is 14.6. The summed E-state index contributed by atoms with van der Waals surface area (Å²) in [5.41, 5.74) is -1.05. The number of esters is 1. The molecule has 4 heteroatoms. The van der Waals surface area contributed by atoms with Crippen molar-refractivity contribution in [3.63, 3.8) is 0 Å². The Bertz CT molecular complexity index is 570. The van der Waals surface area contributed by atoms with E-state index < -0.39 is 17.3 Å². The maximum atomic E-state index is 13.2. The lowest BCUT2D eigenvalue weighted by Crippen LogP contribution is -2.42. The lowest BCUT2D eigenvalue weighted by Gasteiger charge is -2.34.